The Morgan fingerprint density at radius 1 is 1.10 bits per heavy atom. The van der Waals surface area contributed by atoms with E-state index in [1.807, 2.05) is 0 Å². The molecule has 5 rings (SSSR count). The second-order valence-corrected chi connectivity index (χ2v) is 11.9. The Morgan fingerprint density at radius 3 is 2.73 bits per heavy atom. The fourth-order valence-corrected chi connectivity index (χ4v) is 8.88. The maximum Gasteiger partial charge on any atom is 0.157 e. The van der Waals surface area contributed by atoms with Crippen LogP contribution >= 0.6 is 0 Å². The molecule has 1 heterocycles. The number of hydrogen-bond donors (Lipinski definition) is 1. The topological polar surface area (TPSA) is 38.7 Å². The summed E-state index contributed by atoms with van der Waals surface area (Å²) in [5.74, 6) is 3.73. The molecule has 5 aliphatic rings. The summed E-state index contributed by atoms with van der Waals surface area (Å²) in [4.78, 5) is 0. The molecule has 0 spiro atoms. The van der Waals surface area contributed by atoms with E-state index < -0.39 is 0 Å². The monoisotopic (exact) mass is 416 g/mol. The highest BCUT2D eigenvalue weighted by molar-refractivity contribution is 5.25. The van der Waals surface area contributed by atoms with E-state index in [9.17, 15) is 5.11 Å². The number of allylic oxidation sites excluding steroid dienone is 1. The fraction of sp³-hybridized carbons (Fsp3) is 0.926. The maximum absolute atomic E-state index is 9.84. The van der Waals surface area contributed by atoms with Gasteiger partial charge in [-0.3, -0.25) is 0 Å². The molecule has 3 heteroatoms. The molecule has 0 bridgehead atoms. The van der Waals surface area contributed by atoms with Gasteiger partial charge in [0.2, 0.25) is 0 Å². The first-order valence-corrected chi connectivity index (χ1v) is 13.0. The van der Waals surface area contributed by atoms with Crippen molar-refractivity contribution in [2.24, 2.45) is 40.4 Å². The van der Waals surface area contributed by atoms with Crippen LogP contribution < -0.4 is 0 Å². The molecule has 3 saturated carbocycles. The average Bonchev–Trinajstić information content (AvgIpc) is 3.11. The van der Waals surface area contributed by atoms with Crippen molar-refractivity contribution in [1.29, 1.82) is 0 Å². The van der Waals surface area contributed by atoms with E-state index in [-0.39, 0.29) is 6.29 Å². The molecule has 1 saturated heterocycles. The summed E-state index contributed by atoms with van der Waals surface area (Å²) < 4.78 is 12.3. The lowest BCUT2D eigenvalue weighted by molar-refractivity contribution is -0.195. The molecular weight excluding hydrogens is 372 g/mol. The van der Waals surface area contributed by atoms with Gasteiger partial charge >= 0.3 is 0 Å². The van der Waals surface area contributed by atoms with Crippen LogP contribution in [0.5, 0.6) is 0 Å². The van der Waals surface area contributed by atoms with Gasteiger partial charge in [-0.15, -0.1) is 0 Å². The zero-order valence-electron chi connectivity index (χ0n) is 19.6. The lowest BCUT2D eigenvalue weighted by atomic mass is 9.47. The van der Waals surface area contributed by atoms with Gasteiger partial charge in [0.25, 0.3) is 0 Å². The Bertz CT molecular complexity index is 652. The molecule has 1 N–H and O–H groups in total. The third-order valence-corrected chi connectivity index (χ3v) is 10.6. The Kier molecular flexibility index (Phi) is 5.86. The molecular formula is C27H44O3. The molecule has 0 aromatic heterocycles. The number of hydrogen-bond acceptors (Lipinski definition) is 3. The lowest BCUT2D eigenvalue weighted by Gasteiger charge is -2.58. The van der Waals surface area contributed by atoms with Gasteiger partial charge in [-0.05, 0) is 111 Å². The summed E-state index contributed by atoms with van der Waals surface area (Å²) in [5, 5.41) is 9.84. The van der Waals surface area contributed by atoms with Crippen molar-refractivity contribution < 1.29 is 14.6 Å². The third kappa shape index (κ3) is 3.42. The molecule has 9 atom stereocenters. The van der Waals surface area contributed by atoms with Gasteiger partial charge in [0, 0.05) is 13.2 Å². The zero-order chi connectivity index (χ0) is 20.9. The van der Waals surface area contributed by atoms with Gasteiger partial charge in [-0.1, -0.05) is 32.4 Å². The summed E-state index contributed by atoms with van der Waals surface area (Å²) in [6.07, 6.45) is 16.9. The number of aliphatic hydroxyl groups excluding tert-OH is 1. The summed E-state index contributed by atoms with van der Waals surface area (Å²) in [7, 11) is 0. The van der Waals surface area contributed by atoms with Gasteiger partial charge in [-0.2, -0.15) is 0 Å². The van der Waals surface area contributed by atoms with Crippen molar-refractivity contribution in [2.45, 2.75) is 104 Å². The van der Waals surface area contributed by atoms with E-state index in [1.54, 1.807) is 5.57 Å². The normalized spacial score (nSPS) is 49.5. The van der Waals surface area contributed by atoms with Crippen LogP contribution in [0.2, 0.25) is 0 Å². The molecule has 4 aliphatic carbocycles. The minimum atomic E-state index is 0.0457. The van der Waals surface area contributed by atoms with Crippen LogP contribution in [0.3, 0.4) is 0 Å². The molecule has 170 valence electrons. The van der Waals surface area contributed by atoms with Crippen LogP contribution in [-0.2, 0) is 9.47 Å². The van der Waals surface area contributed by atoms with Crippen molar-refractivity contribution in [3.63, 3.8) is 0 Å². The number of ether oxygens (including phenoxy) is 2. The highest BCUT2D eigenvalue weighted by atomic mass is 16.7. The highest BCUT2D eigenvalue weighted by Gasteiger charge is 2.59. The Balaban J connectivity index is 1.31. The smallest absolute Gasteiger partial charge is 0.157 e. The SMILES string of the molecule is C[C@H](CO)[C@H]1CC[C@H]2[C@@H]3CC=C4C[C@@H](OC5CCCCO5)CC[C@]4(C)[C@H]3CC[C@]12C. The minimum absolute atomic E-state index is 0.0457. The quantitative estimate of drug-likeness (QED) is 0.562. The van der Waals surface area contributed by atoms with Crippen LogP contribution in [-0.4, -0.2) is 30.7 Å². The molecule has 4 fully saturated rings. The maximum atomic E-state index is 9.84. The first-order valence-electron chi connectivity index (χ1n) is 13.0. The van der Waals surface area contributed by atoms with Crippen molar-refractivity contribution in [3.8, 4) is 0 Å². The van der Waals surface area contributed by atoms with E-state index in [0.717, 1.165) is 37.2 Å². The van der Waals surface area contributed by atoms with E-state index in [2.05, 4.69) is 26.8 Å². The molecule has 3 nitrogen and oxygen atoms in total. The first-order chi connectivity index (χ1) is 14.5. The number of fused-ring (bicyclic) bond motifs is 5. The van der Waals surface area contributed by atoms with Crippen molar-refractivity contribution >= 4 is 0 Å². The highest BCUT2D eigenvalue weighted by Crippen LogP contribution is 2.67. The minimum Gasteiger partial charge on any atom is -0.396 e. The fourth-order valence-electron chi connectivity index (χ4n) is 8.88. The lowest BCUT2D eigenvalue weighted by Crippen LogP contribution is -2.51. The summed E-state index contributed by atoms with van der Waals surface area (Å²) >= 11 is 0. The van der Waals surface area contributed by atoms with Gasteiger partial charge in [0.05, 0.1) is 6.10 Å². The van der Waals surface area contributed by atoms with Crippen LogP contribution in [0.15, 0.2) is 11.6 Å². The predicted octanol–water partition coefficient (Wildman–Crippen LogP) is 6.11. The predicted molar refractivity (Wildman–Crippen MR) is 120 cm³/mol. The van der Waals surface area contributed by atoms with Crippen LogP contribution in [0.4, 0.5) is 0 Å². The molecule has 1 aliphatic heterocycles. The summed E-state index contributed by atoms with van der Waals surface area (Å²) in [6.45, 7) is 8.68. The summed E-state index contributed by atoms with van der Waals surface area (Å²) in [6, 6.07) is 0. The molecule has 1 unspecified atom stereocenters. The van der Waals surface area contributed by atoms with E-state index in [0.29, 0.717) is 35.4 Å². The van der Waals surface area contributed by atoms with Crippen LogP contribution in [0.25, 0.3) is 0 Å². The standard InChI is InChI=1S/C27H44O3/c1-18(17-28)22-9-10-23-21-8-7-19-16-20(30-25-6-4-5-15-29-25)11-13-26(19,2)24(21)12-14-27(22,23)3/h7,18,20-25,28H,4-6,8-17H2,1-3H3/t18-,20+,21+,22-,23+,24+,25?,26+,27-/m1/s1. The molecule has 0 radical (unpaired) electrons. The van der Waals surface area contributed by atoms with E-state index in [1.165, 1.54) is 57.8 Å². The molecule has 30 heavy (non-hydrogen) atoms. The van der Waals surface area contributed by atoms with Gasteiger partial charge in [-0.25, -0.2) is 0 Å². The van der Waals surface area contributed by atoms with Gasteiger partial charge in [0.1, 0.15) is 0 Å². The van der Waals surface area contributed by atoms with Crippen molar-refractivity contribution in [3.05, 3.63) is 11.6 Å². The van der Waals surface area contributed by atoms with E-state index >= 15 is 0 Å². The average molecular weight is 417 g/mol. The number of rotatable bonds is 4. The van der Waals surface area contributed by atoms with Crippen molar-refractivity contribution in [1.82, 2.24) is 0 Å². The third-order valence-electron chi connectivity index (χ3n) is 10.6. The van der Waals surface area contributed by atoms with Gasteiger partial charge in [0.15, 0.2) is 6.29 Å². The Morgan fingerprint density at radius 2 is 1.97 bits per heavy atom. The first kappa shape index (κ1) is 21.5. The second-order valence-electron chi connectivity index (χ2n) is 11.9. The largest absolute Gasteiger partial charge is 0.396 e. The Labute approximate surface area is 184 Å². The van der Waals surface area contributed by atoms with Gasteiger partial charge < -0.3 is 14.6 Å². The Hall–Kier alpha value is -0.380. The second kappa shape index (κ2) is 8.19. The van der Waals surface area contributed by atoms with E-state index in [4.69, 9.17) is 9.47 Å². The summed E-state index contributed by atoms with van der Waals surface area (Å²) in [5.41, 5.74) is 2.54. The number of aliphatic hydroxyl groups is 1. The van der Waals surface area contributed by atoms with Crippen LogP contribution in [0, 0.1) is 40.4 Å². The molecule has 0 amide bonds. The zero-order valence-corrected chi connectivity index (χ0v) is 19.6. The van der Waals surface area contributed by atoms with Crippen LogP contribution in [0.1, 0.15) is 91.4 Å². The van der Waals surface area contributed by atoms with Crippen molar-refractivity contribution in [2.75, 3.05) is 13.2 Å². The molecule has 0 aromatic carbocycles. The molecule has 0 aromatic rings.